The molecule has 2 aromatic heterocycles. The average Bonchev–Trinajstić information content (AvgIpc) is 2.93. The van der Waals surface area contributed by atoms with Crippen molar-refractivity contribution in [2.45, 2.75) is 23.4 Å². The molecule has 0 fully saturated rings. The highest BCUT2D eigenvalue weighted by Gasteiger charge is 2.06. The molecule has 6 nitrogen and oxygen atoms in total. The second kappa shape index (κ2) is 6.60. The molecule has 0 atom stereocenters. The summed E-state index contributed by atoms with van der Waals surface area (Å²) in [5, 5.41) is 0. The number of carbonyl (C=O) groups is 1. The van der Waals surface area contributed by atoms with Gasteiger partial charge < -0.3 is 0 Å². The monoisotopic (exact) mass is 295 g/mol. The molecule has 100 valence electrons. The van der Waals surface area contributed by atoms with Crippen molar-refractivity contribution in [3.05, 3.63) is 35.4 Å². The van der Waals surface area contributed by atoms with Crippen molar-refractivity contribution in [3.63, 3.8) is 0 Å². The third-order valence-electron chi connectivity index (χ3n) is 2.33. The van der Waals surface area contributed by atoms with Crippen LogP contribution in [0.25, 0.3) is 0 Å². The highest BCUT2D eigenvalue weighted by Crippen LogP contribution is 2.23. The van der Waals surface area contributed by atoms with Crippen LogP contribution in [0.1, 0.15) is 28.8 Å². The van der Waals surface area contributed by atoms with Crippen LogP contribution in [0.15, 0.2) is 22.7 Å². The van der Waals surface area contributed by atoms with E-state index in [2.05, 4.69) is 19.8 Å². The number of rotatable bonds is 5. The summed E-state index contributed by atoms with van der Waals surface area (Å²) in [6.07, 6.45) is 2.36. The number of hydrogen-bond donors (Lipinski definition) is 2. The van der Waals surface area contributed by atoms with Crippen LogP contribution >= 0.6 is 23.3 Å². The van der Waals surface area contributed by atoms with E-state index in [4.69, 9.17) is 5.84 Å². The maximum atomic E-state index is 11.2. The van der Waals surface area contributed by atoms with Gasteiger partial charge in [-0.1, -0.05) is 18.7 Å². The third kappa shape index (κ3) is 3.72. The maximum Gasteiger partial charge on any atom is 0.266 e. The standard InChI is InChI=1S/C11H13N5OS2/c1-2-9-14-11(19-16-9)18-6-8-4-3-7(5-13-8)10(17)15-12/h3-5H,2,6,12H2,1H3,(H,15,17). The van der Waals surface area contributed by atoms with Crippen molar-refractivity contribution in [3.8, 4) is 0 Å². The first-order valence-electron chi connectivity index (χ1n) is 5.64. The SMILES string of the molecule is CCc1nsc(SCc2ccc(C(=O)NN)cn2)n1. The van der Waals surface area contributed by atoms with Crippen molar-refractivity contribution >= 4 is 29.2 Å². The number of nitrogens with zero attached hydrogens (tertiary/aromatic N) is 3. The van der Waals surface area contributed by atoms with Gasteiger partial charge in [-0.05, 0) is 23.7 Å². The van der Waals surface area contributed by atoms with Crippen LogP contribution in [0.3, 0.4) is 0 Å². The smallest absolute Gasteiger partial charge is 0.266 e. The van der Waals surface area contributed by atoms with Gasteiger partial charge in [-0.15, -0.1) is 0 Å². The summed E-state index contributed by atoms with van der Waals surface area (Å²) in [6.45, 7) is 2.03. The minimum Gasteiger partial charge on any atom is -0.290 e. The fourth-order valence-corrected chi connectivity index (χ4v) is 2.91. The second-order valence-corrected chi connectivity index (χ2v) is 5.60. The largest absolute Gasteiger partial charge is 0.290 e. The van der Waals surface area contributed by atoms with Gasteiger partial charge in [-0.25, -0.2) is 10.8 Å². The van der Waals surface area contributed by atoms with Gasteiger partial charge in [-0.3, -0.25) is 15.2 Å². The molecular weight excluding hydrogens is 282 g/mol. The molecule has 0 aromatic carbocycles. The molecule has 2 heterocycles. The van der Waals surface area contributed by atoms with E-state index in [1.165, 1.54) is 17.7 Å². The Kier molecular flexibility index (Phi) is 4.83. The van der Waals surface area contributed by atoms with E-state index in [-0.39, 0.29) is 5.91 Å². The van der Waals surface area contributed by atoms with Gasteiger partial charge >= 0.3 is 0 Å². The molecule has 8 heteroatoms. The minimum atomic E-state index is -0.344. The van der Waals surface area contributed by atoms with Crippen LogP contribution in [0, 0.1) is 0 Å². The number of thioether (sulfide) groups is 1. The predicted octanol–water partition coefficient (Wildman–Crippen LogP) is 1.39. The average molecular weight is 295 g/mol. The highest BCUT2D eigenvalue weighted by molar-refractivity contribution is 8.00. The molecule has 0 aliphatic rings. The maximum absolute atomic E-state index is 11.2. The third-order valence-corrected chi connectivity index (χ3v) is 4.23. The first kappa shape index (κ1) is 13.9. The second-order valence-electron chi connectivity index (χ2n) is 3.63. The Labute approximate surface area is 119 Å². The summed E-state index contributed by atoms with van der Waals surface area (Å²) in [5.41, 5.74) is 3.39. The number of nitrogen functional groups attached to an aromatic ring is 1. The fraction of sp³-hybridized carbons (Fsp3) is 0.273. The van der Waals surface area contributed by atoms with Gasteiger partial charge in [0.15, 0.2) is 4.34 Å². The van der Waals surface area contributed by atoms with Gasteiger partial charge in [-0.2, -0.15) is 4.37 Å². The molecular formula is C11H13N5OS2. The zero-order valence-corrected chi connectivity index (χ0v) is 11.9. The van der Waals surface area contributed by atoms with Crippen molar-refractivity contribution in [2.24, 2.45) is 5.84 Å². The predicted molar refractivity (Wildman–Crippen MR) is 74.7 cm³/mol. The molecule has 0 spiro atoms. The number of carbonyl (C=O) groups excluding carboxylic acids is 1. The van der Waals surface area contributed by atoms with Crippen molar-refractivity contribution in [1.29, 1.82) is 0 Å². The molecule has 0 bridgehead atoms. The molecule has 3 N–H and O–H groups in total. The van der Waals surface area contributed by atoms with E-state index in [0.717, 1.165) is 22.3 Å². The molecule has 0 saturated heterocycles. The van der Waals surface area contributed by atoms with Gasteiger partial charge in [0.1, 0.15) is 5.82 Å². The lowest BCUT2D eigenvalue weighted by Crippen LogP contribution is -2.30. The molecule has 2 rings (SSSR count). The first-order chi connectivity index (χ1) is 9.22. The summed E-state index contributed by atoms with van der Waals surface area (Å²) in [6, 6.07) is 3.50. The first-order valence-corrected chi connectivity index (χ1v) is 7.40. The lowest BCUT2D eigenvalue weighted by Gasteiger charge is -2.01. The van der Waals surface area contributed by atoms with Gasteiger partial charge in [0.2, 0.25) is 0 Å². The Hall–Kier alpha value is -1.51. The van der Waals surface area contributed by atoms with Gasteiger partial charge in [0.05, 0.1) is 11.3 Å². The lowest BCUT2D eigenvalue weighted by molar-refractivity contribution is 0.0953. The highest BCUT2D eigenvalue weighted by atomic mass is 32.2. The topological polar surface area (TPSA) is 93.8 Å². The van der Waals surface area contributed by atoms with E-state index >= 15 is 0 Å². The van der Waals surface area contributed by atoms with Crippen molar-refractivity contribution in [2.75, 3.05) is 0 Å². The Balaban J connectivity index is 1.94. The van der Waals surface area contributed by atoms with Crippen LogP contribution < -0.4 is 11.3 Å². The molecule has 2 aromatic rings. The number of nitrogens with one attached hydrogen (secondary N) is 1. The van der Waals surface area contributed by atoms with Gasteiger partial charge in [0, 0.05) is 18.4 Å². The molecule has 0 aliphatic heterocycles. The Bertz CT molecular complexity index is 554. The molecule has 0 unspecified atom stereocenters. The van der Waals surface area contributed by atoms with E-state index < -0.39 is 0 Å². The summed E-state index contributed by atoms with van der Waals surface area (Å²) in [7, 11) is 0. The van der Waals surface area contributed by atoms with Crippen molar-refractivity contribution < 1.29 is 4.79 Å². The number of hydrazine groups is 1. The minimum absolute atomic E-state index is 0.344. The molecule has 1 amide bonds. The van der Waals surface area contributed by atoms with Crippen LogP contribution in [-0.4, -0.2) is 20.2 Å². The summed E-state index contributed by atoms with van der Waals surface area (Å²) in [4.78, 5) is 19.8. The lowest BCUT2D eigenvalue weighted by atomic mass is 10.2. The molecule has 0 radical (unpaired) electrons. The quantitative estimate of drug-likeness (QED) is 0.375. The fourth-order valence-electron chi connectivity index (χ4n) is 1.30. The Morgan fingerprint density at radius 2 is 2.37 bits per heavy atom. The van der Waals surface area contributed by atoms with E-state index in [9.17, 15) is 4.79 Å². The number of amides is 1. The zero-order valence-electron chi connectivity index (χ0n) is 10.3. The molecule has 0 saturated carbocycles. The number of hydrogen-bond acceptors (Lipinski definition) is 7. The van der Waals surface area contributed by atoms with Crippen LogP contribution in [0.2, 0.25) is 0 Å². The summed E-state index contributed by atoms with van der Waals surface area (Å²) in [5.74, 6) is 6.27. The number of nitrogens with two attached hydrogens (primary N) is 1. The Morgan fingerprint density at radius 3 is 2.95 bits per heavy atom. The van der Waals surface area contributed by atoms with Crippen LogP contribution in [0.5, 0.6) is 0 Å². The normalized spacial score (nSPS) is 10.4. The van der Waals surface area contributed by atoms with Gasteiger partial charge in [0.25, 0.3) is 5.91 Å². The van der Waals surface area contributed by atoms with Crippen LogP contribution in [0.4, 0.5) is 0 Å². The zero-order chi connectivity index (χ0) is 13.7. The van der Waals surface area contributed by atoms with E-state index in [1.54, 1.807) is 23.9 Å². The number of pyridine rings is 1. The number of aryl methyl sites for hydroxylation is 1. The number of aromatic nitrogens is 3. The van der Waals surface area contributed by atoms with E-state index in [1.807, 2.05) is 6.92 Å². The molecule has 0 aliphatic carbocycles. The molecule has 19 heavy (non-hydrogen) atoms. The summed E-state index contributed by atoms with van der Waals surface area (Å²) >= 11 is 2.99. The summed E-state index contributed by atoms with van der Waals surface area (Å²) < 4.78 is 5.15. The van der Waals surface area contributed by atoms with Crippen LogP contribution in [-0.2, 0) is 12.2 Å². The van der Waals surface area contributed by atoms with Crippen molar-refractivity contribution in [1.82, 2.24) is 19.8 Å². The van der Waals surface area contributed by atoms with E-state index in [0.29, 0.717) is 11.3 Å². The Morgan fingerprint density at radius 1 is 1.53 bits per heavy atom.